The molecule has 0 radical (unpaired) electrons. The maximum Gasteiger partial charge on any atom is 0.338 e. The Morgan fingerprint density at radius 1 is 1.23 bits per heavy atom. The van der Waals surface area contributed by atoms with Crippen molar-refractivity contribution in [2.45, 2.75) is 39.8 Å². The van der Waals surface area contributed by atoms with Gasteiger partial charge in [-0.15, -0.1) is 0 Å². The molecule has 35 heavy (non-hydrogen) atoms. The molecule has 0 saturated heterocycles. The van der Waals surface area contributed by atoms with Gasteiger partial charge in [-0.25, -0.2) is 9.79 Å². The Bertz CT molecular complexity index is 1450. The van der Waals surface area contributed by atoms with E-state index < -0.39 is 12.0 Å². The molecule has 1 aliphatic rings. The summed E-state index contributed by atoms with van der Waals surface area (Å²) in [5.41, 5.74) is 1.89. The number of benzene rings is 1. The van der Waals surface area contributed by atoms with Gasteiger partial charge in [-0.05, 0) is 63.6 Å². The van der Waals surface area contributed by atoms with Crippen LogP contribution in [0.3, 0.4) is 0 Å². The van der Waals surface area contributed by atoms with Crippen molar-refractivity contribution < 1.29 is 19.0 Å². The zero-order valence-corrected chi connectivity index (χ0v) is 21.1. The van der Waals surface area contributed by atoms with E-state index in [1.807, 2.05) is 38.1 Å². The monoisotopic (exact) mass is 493 g/mol. The number of hydrogen-bond acceptors (Lipinski definition) is 8. The summed E-state index contributed by atoms with van der Waals surface area (Å²) in [5.74, 6) is 0.566. The summed E-state index contributed by atoms with van der Waals surface area (Å²) >= 11 is 1.25. The van der Waals surface area contributed by atoms with E-state index in [-0.39, 0.29) is 18.3 Å². The molecule has 182 valence electrons. The number of methoxy groups -OCH3 is 1. The van der Waals surface area contributed by atoms with E-state index in [4.69, 9.17) is 14.2 Å². The molecule has 0 amide bonds. The minimum absolute atomic E-state index is 0.0451. The Hall–Kier alpha value is -3.72. The van der Waals surface area contributed by atoms with E-state index in [9.17, 15) is 9.59 Å². The van der Waals surface area contributed by atoms with Crippen LogP contribution in [0.1, 0.15) is 45.0 Å². The number of rotatable bonds is 7. The fourth-order valence-corrected chi connectivity index (χ4v) is 4.94. The minimum atomic E-state index is -0.738. The molecule has 0 unspecified atom stereocenters. The second-order valence-electron chi connectivity index (χ2n) is 8.13. The van der Waals surface area contributed by atoms with Crippen LogP contribution in [0.15, 0.2) is 63.7 Å². The fourth-order valence-electron chi connectivity index (χ4n) is 3.91. The summed E-state index contributed by atoms with van der Waals surface area (Å²) in [7, 11) is 1.55. The highest BCUT2D eigenvalue weighted by Crippen LogP contribution is 2.36. The van der Waals surface area contributed by atoms with Gasteiger partial charge in [0.2, 0.25) is 0 Å². The van der Waals surface area contributed by atoms with Gasteiger partial charge in [0.15, 0.2) is 16.3 Å². The van der Waals surface area contributed by atoms with Crippen LogP contribution in [0.4, 0.5) is 0 Å². The molecule has 2 aromatic heterocycles. The number of nitrogens with zero attached hydrogens (tertiary/aromatic N) is 3. The van der Waals surface area contributed by atoms with Crippen molar-refractivity contribution in [1.82, 2.24) is 9.55 Å². The first-order chi connectivity index (χ1) is 16.8. The second-order valence-corrected chi connectivity index (χ2v) is 9.14. The van der Waals surface area contributed by atoms with Crippen LogP contribution in [0, 0.1) is 0 Å². The summed E-state index contributed by atoms with van der Waals surface area (Å²) in [6.07, 6.45) is 3.35. The lowest BCUT2D eigenvalue weighted by Gasteiger charge is -2.25. The Morgan fingerprint density at radius 3 is 2.69 bits per heavy atom. The summed E-state index contributed by atoms with van der Waals surface area (Å²) in [6.45, 7) is 7.56. The van der Waals surface area contributed by atoms with Gasteiger partial charge in [0.1, 0.15) is 0 Å². The maximum absolute atomic E-state index is 13.6. The van der Waals surface area contributed by atoms with E-state index in [0.29, 0.717) is 43.4 Å². The summed E-state index contributed by atoms with van der Waals surface area (Å²) < 4.78 is 18.8. The number of aromatic nitrogens is 2. The number of esters is 1. The molecule has 0 spiro atoms. The molecule has 0 fully saturated rings. The van der Waals surface area contributed by atoms with Gasteiger partial charge in [0, 0.05) is 6.20 Å². The van der Waals surface area contributed by atoms with Crippen LogP contribution in [0.5, 0.6) is 11.5 Å². The Kier molecular flexibility index (Phi) is 7.16. The quantitative estimate of drug-likeness (QED) is 0.470. The third-order valence-corrected chi connectivity index (χ3v) is 6.33. The van der Waals surface area contributed by atoms with Crippen LogP contribution in [0.25, 0.3) is 6.08 Å². The number of ether oxygens (including phenoxy) is 3. The molecule has 0 aliphatic carbocycles. The average molecular weight is 494 g/mol. The van der Waals surface area contributed by atoms with Crippen LogP contribution in [0.2, 0.25) is 0 Å². The summed E-state index contributed by atoms with van der Waals surface area (Å²) in [6, 6.07) is 10.2. The van der Waals surface area contributed by atoms with Gasteiger partial charge >= 0.3 is 5.97 Å². The van der Waals surface area contributed by atoms with E-state index in [1.165, 1.54) is 15.9 Å². The largest absolute Gasteiger partial charge is 0.493 e. The van der Waals surface area contributed by atoms with Gasteiger partial charge in [-0.2, -0.15) is 0 Å². The molecule has 0 N–H and O–H groups in total. The van der Waals surface area contributed by atoms with Gasteiger partial charge in [0.25, 0.3) is 5.56 Å². The lowest BCUT2D eigenvalue weighted by Crippen LogP contribution is -2.40. The van der Waals surface area contributed by atoms with Crippen LogP contribution >= 0.6 is 11.3 Å². The van der Waals surface area contributed by atoms with E-state index in [1.54, 1.807) is 45.4 Å². The number of thiazole rings is 1. The standard InChI is InChI=1S/C26H27N3O5S/c1-6-33-25(31)22-16(4)28-26-29(24(30)21(35-26)14-18-9-7-8-12-27-18)23(22)17-10-11-19(34-15(2)3)20(13-17)32-5/h7-15,23H,6H2,1-5H3/b21-14-/t23-/m0/s1. The molecular weight excluding hydrogens is 466 g/mol. The highest BCUT2D eigenvalue weighted by Gasteiger charge is 2.34. The molecule has 3 aromatic rings. The van der Waals surface area contributed by atoms with Crippen LogP contribution in [-0.4, -0.2) is 35.3 Å². The molecular formula is C26H27N3O5S. The predicted molar refractivity (Wildman–Crippen MR) is 133 cm³/mol. The first-order valence-electron chi connectivity index (χ1n) is 11.3. The predicted octanol–water partition coefficient (Wildman–Crippen LogP) is 2.99. The third kappa shape index (κ3) is 4.90. The number of fused-ring (bicyclic) bond motifs is 1. The minimum Gasteiger partial charge on any atom is -0.493 e. The van der Waals surface area contributed by atoms with Gasteiger partial charge in [-0.1, -0.05) is 23.5 Å². The molecule has 3 heterocycles. The number of pyridine rings is 1. The van der Waals surface area contributed by atoms with Gasteiger partial charge in [-0.3, -0.25) is 14.3 Å². The van der Waals surface area contributed by atoms with E-state index >= 15 is 0 Å². The van der Waals surface area contributed by atoms with Gasteiger partial charge < -0.3 is 14.2 Å². The maximum atomic E-state index is 13.6. The fraction of sp³-hybridized carbons (Fsp3) is 0.308. The number of carbonyl (C=O) groups excluding carboxylic acids is 1. The highest BCUT2D eigenvalue weighted by molar-refractivity contribution is 7.07. The number of allylic oxidation sites excluding steroid dienone is 1. The smallest absolute Gasteiger partial charge is 0.338 e. The highest BCUT2D eigenvalue weighted by atomic mass is 32.1. The zero-order valence-electron chi connectivity index (χ0n) is 20.3. The van der Waals surface area contributed by atoms with Crippen molar-refractivity contribution in [2.24, 2.45) is 4.99 Å². The number of carbonyl (C=O) groups is 1. The summed E-state index contributed by atoms with van der Waals surface area (Å²) in [4.78, 5) is 36.1. The van der Waals surface area contributed by atoms with E-state index in [0.717, 1.165) is 0 Å². The normalized spacial score (nSPS) is 15.6. The van der Waals surface area contributed by atoms with Crippen LogP contribution in [-0.2, 0) is 9.53 Å². The van der Waals surface area contributed by atoms with Crippen LogP contribution < -0.4 is 24.4 Å². The van der Waals surface area contributed by atoms with Crippen molar-refractivity contribution in [2.75, 3.05) is 13.7 Å². The van der Waals surface area contributed by atoms with Crippen molar-refractivity contribution in [3.8, 4) is 11.5 Å². The van der Waals surface area contributed by atoms with Crippen molar-refractivity contribution in [3.05, 3.63) is 84.8 Å². The first-order valence-corrected chi connectivity index (χ1v) is 12.1. The lowest BCUT2D eigenvalue weighted by molar-refractivity contribution is -0.139. The Balaban J connectivity index is 1.94. The second kappa shape index (κ2) is 10.3. The molecule has 0 saturated carbocycles. The molecule has 4 rings (SSSR count). The summed E-state index contributed by atoms with van der Waals surface area (Å²) in [5, 5.41) is 0. The van der Waals surface area contributed by atoms with Crippen molar-refractivity contribution in [1.29, 1.82) is 0 Å². The van der Waals surface area contributed by atoms with Gasteiger partial charge in [0.05, 0.1) is 47.4 Å². The lowest BCUT2D eigenvalue weighted by atomic mass is 9.95. The molecule has 0 bridgehead atoms. The first kappa shape index (κ1) is 24.4. The average Bonchev–Trinajstić information content (AvgIpc) is 3.13. The third-order valence-electron chi connectivity index (χ3n) is 5.35. The molecule has 1 aromatic carbocycles. The molecule has 8 nitrogen and oxygen atoms in total. The SMILES string of the molecule is CCOC(=O)C1=C(C)N=c2s/c(=C\c3ccccn3)c(=O)n2[C@H]1c1ccc(OC(C)C)c(OC)c1. The van der Waals surface area contributed by atoms with Crippen molar-refractivity contribution in [3.63, 3.8) is 0 Å². The molecule has 9 heteroatoms. The number of hydrogen-bond donors (Lipinski definition) is 0. The Morgan fingerprint density at radius 2 is 2.03 bits per heavy atom. The topological polar surface area (TPSA) is 92.0 Å². The Labute approximate surface area is 206 Å². The van der Waals surface area contributed by atoms with Crippen molar-refractivity contribution >= 4 is 23.4 Å². The zero-order chi connectivity index (χ0) is 25.1. The molecule has 1 aliphatic heterocycles. The van der Waals surface area contributed by atoms with E-state index in [2.05, 4.69) is 9.98 Å². The molecule has 1 atom stereocenters.